The van der Waals surface area contributed by atoms with Crippen LogP contribution in [0, 0.1) is 5.92 Å². The quantitative estimate of drug-likeness (QED) is 0.866. The van der Waals surface area contributed by atoms with Crippen molar-refractivity contribution in [3.05, 3.63) is 64.7 Å². The van der Waals surface area contributed by atoms with Crippen LogP contribution in [0.4, 0.5) is 5.69 Å². The Kier molecular flexibility index (Phi) is 5.02. The van der Waals surface area contributed by atoms with Gasteiger partial charge in [0.2, 0.25) is 15.9 Å². The van der Waals surface area contributed by atoms with Gasteiger partial charge in [0.1, 0.15) is 0 Å². The Balaban J connectivity index is 1.80. The highest BCUT2D eigenvalue weighted by Gasteiger charge is 2.42. The molecule has 2 aromatic carbocycles. The summed E-state index contributed by atoms with van der Waals surface area (Å²) in [6, 6.07) is 13.1. The molecule has 0 bridgehead atoms. The van der Waals surface area contributed by atoms with Crippen molar-refractivity contribution in [2.24, 2.45) is 5.92 Å². The lowest BCUT2D eigenvalue weighted by Gasteiger charge is -2.16. The van der Waals surface area contributed by atoms with Gasteiger partial charge in [-0.1, -0.05) is 42.8 Å². The molecular weight excluding hydrogens is 376 g/mol. The van der Waals surface area contributed by atoms with E-state index in [0.717, 1.165) is 9.87 Å². The Hall–Kier alpha value is -2.38. The van der Waals surface area contributed by atoms with Crippen molar-refractivity contribution in [3.8, 4) is 0 Å². The Bertz CT molecular complexity index is 975. The Morgan fingerprint density at radius 1 is 1.23 bits per heavy atom. The van der Waals surface area contributed by atoms with Crippen LogP contribution in [-0.4, -0.2) is 26.0 Å². The van der Waals surface area contributed by atoms with E-state index in [9.17, 15) is 18.0 Å². The molecule has 1 aliphatic rings. The van der Waals surface area contributed by atoms with Crippen LogP contribution in [0.3, 0.4) is 0 Å². The van der Waals surface area contributed by atoms with E-state index < -0.39 is 21.8 Å². The molecule has 0 aliphatic carbocycles. The number of nitrogens with zero attached hydrogens (tertiary/aromatic N) is 1. The number of hydrogen-bond donors (Lipinski definition) is 1. The minimum atomic E-state index is -3.71. The first-order valence-electron chi connectivity index (χ1n) is 7.98. The predicted octanol–water partition coefficient (Wildman–Crippen LogP) is 2.58. The van der Waals surface area contributed by atoms with Gasteiger partial charge in [0.05, 0.1) is 17.4 Å². The molecule has 2 amide bonds. The Morgan fingerprint density at radius 3 is 2.62 bits per heavy atom. The van der Waals surface area contributed by atoms with Gasteiger partial charge in [-0.15, -0.1) is 0 Å². The van der Waals surface area contributed by atoms with Crippen LogP contribution in [0.5, 0.6) is 0 Å². The van der Waals surface area contributed by atoms with Gasteiger partial charge in [0.25, 0.3) is 5.91 Å². The summed E-state index contributed by atoms with van der Waals surface area (Å²) in [6.07, 6.45) is 0. The van der Waals surface area contributed by atoms with Gasteiger partial charge in [0, 0.05) is 17.1 Å². The molecule has 0 aromatic heterocycles. The minimum Gasteiger partial charge on any atom is -0.348 e. The summed E-state index contributed by atoms with van der Waals surface area (Å²) in [4.78, 5) is 24.6. The number of halogens is 1. The molecule has 1 fully saturated rings. The number of carbonyl (C=O) groups excluding carboxylic acids is 2. The maximum Gasteiger partial charge on any atom is 0.251 e. The van der Waals surface area contributed by atoms with E-state index in [2.05, 4.69) is 5.32 Å². The number of nitrogens with one attached hydrogen (secondary N) is 1. The molecule has 0 unspecified atom stereocenters. The number of rotatable bonds is 4. The highest BCUT2D eigenvalue weighted by Crippen LogP contribution is 2.28. The molecule has 6 nitrogen and oxygen atoms in total. The van der Waals surface area contributed by atoms with E-state index in [1.807, 2.05) is 6.07 Å². The number of hydrogen-bond acceptors (Lipinski definition) is 4. The number of anilines is 1. The number of carbonyl (C=O) groups is 2. The second kappa shape index (κ2) is 7.09. The lowest BCUT2D eigenvalue weighted by molar-refractivity contribution is -0.119. The van der Waals surface area contributed by atoms with Crippen molar-refractivity contribution in [2.45, 2.75) is 13.5 Å². The summed E-state index contributed by atoms with van der Waals surface area (Å²) in [5.74, 6) is -1.70. The molecular formula is C18H17ClN2O4S. The summed E-state index contributed by atoms with van der Waals surface area (Å²) < 4.78 is 25.2. The third-order valence-electron chi connectivity index (χ3n) is 4.10. The zero-order valence-electron chi connectivity index (χ0n) is 14.0. The first kappa shape index (κ1) is 18.4. The number of sulfonamides is 1. The van der Waals surface area contributed by atoms with Crippen LogP contribution in [0.2, 0.25) is 5.02 Å². The van der Waals surface area contributed by atoms with Gasteiger partial charge in [-0.3, -0.25) is 9.59 Å². The second-order valence-electron chi connectivity index (χ2n) is 6.11. The fourth-order valence-corrected chi connectivity index (χ4v) is 4.79. The van der Waals surface area contributed by atoms with Crippen molar-refractivity contribution in [1.82, 2.24) is 5.32 Å². The fraction of sp³-hybridized carbons (Fsp3) is 0.222. The van der Waals surface area contributed by atoms with E-state index in [4.69, 9.17) is 11.6 Å². The van der Waals surface area contributed by atoms with Crippen LogP contribution in [-0.2, 0) is 21.4 Å². The van der Waals surface area contributed by atoms with Crippen molar-refractivity contribution in [1.29, 1.82) is 0 Å². The van der Waals surface area contributed by atoms with Crippen molar-refractivity contribution in [3.63, 3.8) is 0 Å². The molecule has 0 spiro atoms. The van der Waals surface area contributed by atoms with Crippen LogP contribution in [0.15, 0.2) is 48.5 Å². The molecule has 26 heavy (non-hydrogen) atoms. The number of benzene rings is 2. The first-order valence-corrected chi connectivity index (χ1v) is 9.97. The zero-order chi connectivity index (χ0) is 18.9. The molecule has 0 saturated carbocycles. The Labute approximate surface area is 156 Å². The lowest BCUT2D eigenvalue weighted by atomic mass is 10.1. The van der Waals surface area contributed by atoms with E-state index in [1.54, 1.807) is 37.3 Å². The summed E-state index contributed by atoms with van der Waals surface area (Å²) in [5.41, 5.74) is 1.20. The van der Waals surface area contributed by atoms with E-state index >= 15 is 0 Å². The summed E-state index contributed by atoms with van der Waals surface area (Å²) >= 11 is 6.06. The van der Waals surface area contributed by atoms with Crippen molar-refractivity contribution >= 4 is 39.1 Å². The van der Waals surface area contributed by atoms with Gasteiger partial charge < -0.3 is 5.32 Å². The third kappa shape index (κ3) is 3.59. The molecule has 3 rings (SSSR count). The highest BCUT2D eigenvalue weighted by molar-refractivity contribution is 7.94. The van der Waals surface area contributed by atoms with Gasteiger partial charge in [0.15, 0.2) is 0 Å². The van der Waals surface area contributed by atoms with Gasteiger partial charge >= 0.3 is 0 Å². The molecule has 1 N–H and O–H groups in total. The monoisotopic (exact) mass is 392 g/mol. The predicted molar refractivity (Wildman–Crippen MR) is 99.5 cm³/mol. The van der Waals surface area contributed by atoms with Crippen LogP contribution in [0.1, 0.15) is 22.8 Å². The van der Waals surface area contributed by atoms with Gasteiger partial charge in [-0.05, 0) is 29.8 Å². The normalized spacial score (nSPS) is 18.8. The van der Waals surface area contributed by atoms with Gasteiger partial charge in [-0.2, -0.15) is 0 Å². The number of amides is 2. The summed E-state index contributed by atoms with van der Waals surface area (Å²) in [6.45, 7) is 1.81. The lowest BCUT2D eigenvalue weighted by Crippen LogP contribution is -2.30. The highest BCUT2D eigenvalue weighted by atomic mass is 35.5. The van der Waals surface area contributed by atoms with Crippen molar-refractivity contribution in [2.75, 3.05) is 10.1 Å². The maximum absolute atomic E-state index is 12.4. The fourth-order valence-electron chi connectivity index (χ4n) is 2.78. The molecule has 2 aromatic rings. The molecule has 1 aliphatic heterocycles. The average molecular weight is 393 g/mol. The summed E-state index contributed by atoms with van der Waals surface area (Å²) in [7, 11) is -3.71. The molecule has 136 valence electrons. The van der Waals surface area contributed by atoms with Gasteiger partial charge in [-0.25, -0.2) is 12.7 Å². The average Bonchev–Trinajstić information content (AvgIpc) is 2.81. The van der Waals surface area contributed by atoms with E-state index in [1.165, 1.54) is 12.1 Å². The molecule has 1 atom stereocenters. The van der Waals surface area contributed by atoms with E-state index in [-0.39, 0.29) is 29.5 Å². The first-order chi connectivity index (χ1) is 12.3. The van der Waals surface area contributed by atoms with Crippen LogP contribution in [0.25, 0.3) is 0 Å². The second-order valence-corrected chi connectivity index (χ2v) is 8.38. The SMILES string of the molecule is C[C@H]1CS(=O)(=O)N(c2cccc(C(=O)NCc3ccccc3Cl)c2)C1=O. The Morgan fingerprint density at radius 2 is 1.96 bits per heavy atom. The zero-order valence-corrected chi connectivity index (χ0v) is 15.5. The molecule has 1 saturated heterocycles. The smallest absolute Gasteiger partial charge is 0.251 e. The third-order valence-corrected chi connectivity index (χ3v) is 6.34. The topological polar surface area (TPSA) is 83.6 Å². The molecule has 0 radical (unpaired) electrons. The summed E-state index contributed by atoms with van der Waals surface area (Å²) in [5, 5.41) is 3.28. The van der Waals surface area contributed by atoms with E-state index in [0.29, 0.717) is 5.02 Å². The minimum absolute atomic E-state index is 0.171. The standard InChI is InChI=1S/C18H17ClN2O4S/c1-12-11-26(24,25)21(18(12)23)15-7-4-6-13(9-15)17(22)20-10-14-5-2-3-8-16(14)19/h2-9,12H,10-11H2,1H3,(H,20,22)/t12-/m0/s1. The largest absolute Gasteiger partial charge is 0.348 e. The van der Waals surface area contributed by atoms with Crippen LogP contribution < -0.4 is 9.62 Å². The van der Waals surface area contributed by atoms with Crippen LogP contribution >= 0.6 is 11.6 Å². The maximum atomic E-state index is 12.4. The molecule has 1 heterocycles. The van der Waals surface area contributed by atoms with Crippen molar-refractivity contribution < 1.29 is 18.0 Å². The molecule has 8 heteroatoms.